The van der Waals surface area contributed by atoms with Gasteiger partial charge < -0.3 is 15.0 Å². The first-order valence-electron chi connectivity index (χ1n) is 11.5. The van der Waals surface area contributed by atoms with Gasteiger partial charge in [0.1, 0.15) is 11.4 Å². The van der Waals surface area contributed by atoms with E-state index in [2.05, 4.69) is 16.8 Å². The monoisotopic (exact) mass is 461 g/mol. The number of hydrogen-bond acceptors (Lipinski definition) is 5. The van der Waals surface area contributed by atoms with Crippen molar-refractivity contribution in [3.8, 4) is 16.9 Å². The largest absolute Gasteiger partial charge is 0.497 e. The van der Waals surface area contributed by atoms with Crippen LogP contribution in [0.25, 0.3) is 11.1 Å². The molecule has 1 saturated heterocycles. The Morgan fingerprint density at radius 2 is 2.03 bits per heavy atom. The number of rotatable bonds is 9. The lowest BCUT2D eigenvalue weighted by Gasteiger charge is -2.30. The topological polar surface area (TPSA) is 54.5 Å². The first-order valence-corrected chi connectivity index (χ1v) is 12.4. The minimum atomic E-state index is -0.190. The number of methoxy groups -OCH3 is 1. The number of nitrogens with zero attached hydrogens (tertiary/aromatic N) is 2. The van der Waals surface area contributed by atoms with Gasteiger partial charge in [-0.05, 0) is 63.0 Å². The first kappa shape index (κ1) is 23.2. The Balaban J connectivity index is 1.43. The molecule has 2 aromatic carbocycles. The van der Waals surface area contributed by atoms with Crippen LogP contribution in [0, 0.1) is 0 Å². The Labute approximate surface area is 200 Å². The highest BCUT2D eigenvalue weighted by atomic mass is 32.1. The van der Waals surface area contributed by atoms with Crippen molar-refractivity contribution >= 4 is 22.9 Å². The first-order chi connectivity index (χ1) is 16.2. The highest BCUT2D eigenvalue weighted by Gasteiger charge is 2.24. The zero-order chi connectivity index (χ0) is 23.0. The molecule has 1 aromatic heterocycles. The average Bonchev–Trinajstić information content (AvgIpc) is 3.36. The molecule has 0 spiro atoms. The number of thiazole rings is 1. The Bertz CT molecular complexity index is 1070. The smallest absolute Gasteiger partial charge is 0.275 e. The molecule has 0 saturated carbocycles. The van der Waals surface area contributed by atoms with E-state index in [-0.39, 0.29) is 5.91 Å². The van der Waals surface area contributed by atoms with E-state index in [9.17, 15) is 4.79 Å². The second-order valence-electron chi connectivity index (χ2n) is 8.35. The minimum absolute atomic E-state index is 0.190. The second-order valence-corrected chi connectivity index (χ2v) is 9.24. The van der Waals surface area contributed by atoms with E-state index in [1.807, 2.05) is 60.0 Å². The van der Waals surface area contributed by atoms with Crippen LogP contribution in [0.3, 0.4) is 0 Å². The number of unbranched alkanes of at least 4 members (excludes halogenated alkanes) is 1. The van der Waals surface area contributed by atoms with E-state index >= 15 is 0 Å². The lowest BCUT2D eigenvalue weighted by atomic mass is 9.97. The van der Waals surface area contributed by atoms with Crippen molar-refractivity contribution in [2.45, 2.75) is 31.6 Å². The number of carbonyl (C=O) groups excluding carboxylic acids is 1. The summed E-state index contributed by atoms with van der Waals surface area (Å²) in [6, 6.07) is 15.8. The third-order valence-electron chi connectivity index (χ3n) is 6.13. The fourth-order valence-corrected chi connectivity index (χ4v) is 5.22. The molecule has 1 aliphatic heterocycles. The van der Waals surface area contributed by atoms with Crippen molar-refractivity contribution < 1.29 is 9.53 Å². The Morgan fingerprint density at radius 1 is 1.24 bits per heavy atom. The van der Waals surface area contributed by atoms with Gasteiger partial charge in [-0.15, -0.1) is 17.9 Å². The molecule has 172 valence electrons. The number of amides is 1. The van der Waals surface area contributed by atoms with E-state index < -0.39 is 0 Å². The molecule has 1 N–H and O–H groups in total. The summed E-state index contributed by atoms with van der Waals surface area (Å²) in [5.74, 6) is 0.942. The van der Waals surface area contributed by atoms with Crippen LogP contribution < -0.4 is 10.1 Å². The van der Waals surface area contributed by atoms with E-state index in [1.165, 1.54) is 6.42 Å². The van der Waals surface area contributed by atoms with E-state index in [0.717, 1.165) is 55.0 Å². The van der Waals surface area contributed by atoms with Crippen molar-refractivity contribution in [2.75, 3.05) is 32.1 Å². The van der Waals surface area contributed by atoms with Gasteiger partial charge in [-0.2, -0.15) is 0 Å². The van der Waals surface area contributed by atoms with E-state index in [4.69, 9.17) is 9.72 Å². The van der Waals surface area contributed by atoms with Gasteiger partial charge in [-0.1, -0.05) is 36.4 Å². The Morgan fingerprint density at radius 3 is 2.76 bits per heavy atom. The molecule has 0 radical (unpaired) electrons. The average molecular weight is 462 g/mol. The number of allylic oxidation sites excluding steroid dienone is 1. The maximum absolute atomic E-state index is 13.1. The SMILES string of the molecule is C=CCCCN1CCC(c2nc(C(=O)Nc3cc(OC)ccc3-c3ccccc3)cs2)CC1. The highest BCUT2D eigenvalue weighted by Crippen LogP contribution is 2.33. The van der Waals surface area contributed by atoms with Crippen LogP contribution >= 0.6 is 11.3 Å². The maximum atomic E-state index is 13.1. The molecule has 1 aliphatic rings. The number of likely N-dealkylation sites (tertiary alicyclic amines) is 1. The third kappa shape index (κ3) is 5.89. The van der Waals surface area contributed by atoms with Crippen molar-refractivity contribution in [1.29, 1.82) is 0 Å². The zero-order valence-corrected chi connectivity index (χ0v) is 19.9. The molecule has 33 heavy (non-hydrogen) atoms. The summed E-state index contributed by atoms with van der Waals surface area (Å²) < 4.78 is 5.38. The summed E-state index contributed by atoms with van der Waals surface area (Å²) in [6.45, 7) is 7.12. The van der Waals surface area contributed by atoms with Gasteiger partial charge in [0.15, 0.2) is 0 Å². The number of aromatic nitrogens is 1. The number of nitrogens with one attached hydrogen (secondary N) is 1. The van der Waals surface area contributed by atoms with Crippen LogP contribution in [0.4, 0.5) is 5.69 Å². The molecule has 1 fully saturated rings. The summed E-state index contributed by atoms with van der Waals surface area (Å²) in [6.07, 6.45) is 6.42. The molecule has 4 rings (SSSR count). The lowest BCUT2D eigenvalue weighted by molar-refractivity contribution is 0.102. The molecule has 1 amide bonds. The molecule has 6 heteroatoms. The number of carbonyl (C=O) groups is 1. The van der Waals surface area contributed by atoms with Crippen molar-refractivity contribution in [2.24, 2.45) is 0 Å². The molecule has 0 aliphatic carbocycles. The van der Waals surface area contributed by atoms with Crippen LogP contribution in [-0.4, -0.2) is 42.5 Å². The molecule has 5 nitrogen and oxygen atoms in total. The van der Waals surface area contributed by atoms with Gasteiger partial charge in [0.05, 0.1) is 17.8 Å². The van der Waals surface area contributed by atoms with Crippen molar-refractivity contribution in [3.05, 3.63) is 77.3 Å². The summed E-state index contributed by atoms with van der Waals surface area (Å²) in [5.41, 5.74) is 3.18. The van der Waals surface area contributed by atoms with Crippen LogP contribution in [0.15, 0.2) is 66.6 Å². The number of hydrogen-bond donors (Lipinski definition) is 1. The number of ether oxygens (including phenoxy) is 1. The summed E-state index contributed by atoms with van der Waals surface area (Å²) >= 11 is 1.60. The third-order valence-corrected chi connectivity index (χ3v) is 7.14. The predicted octanol–water partition coefficient (Wildman–Crippen LogP) is 6.22. The molecule has 0 unspecified atom stereocenters. The maximum Gasteiger partial charge on any atom is 0.275 e. The quantitative estimate of drug-likeness (QED) is 0.304. The van der Waals surface area contributed by atoms with Gasteiger partial charge in [0.2, 0.25) is 0 Å². The molecule has 0 atom stereocenters. The number of anilines is 1. The normalized spacial score (nSPS) is 14.7. The van der Waals surface area contributed by atoms with Crippen LogP contribution in [0.5, 0.6) is 5.75 Å². The highest BCUT2D eigenvalue weighted by molar-refractivity contribution is 7.10. The predicted molar refractivity (Wildman–Crippen MR) is 136 cm³/mol. The Hall–Kier alpha value is -2.96. The van der Waals surface area contributed by atoms with Gasteiger partial charge in [0.25, 0.3) is 5.91 Å². The fraction of sp³-hybridized carbons (Fsp3) is 0.333. The molecular weight excluding hydrogens is 430 g/mol. The van der Waals surface area contributed by atoms with Crippen LogP contribution in [0.2, 0.25) is 0 Å². The summed E-state index contributed by atoms with van der Waals surface area (Å²) in [5, 5.41) is 6.01. The standard InChI is InChI=1S/C27H31N3O2S/c1-3-4-8-15-30-16-13-21(14-17-30)27-29-25(19-33-27)26(31)28-24-18-22(32-2)11-12-23(24)20-9-6-5-7-10-20/h3,5-7,9-12,18-19,21H,1,4,8,13-17H2,2H3,(H,28,31). The van der Waals surface area contributed by atoms with E-state index in [1.54, 1.807) is 18.4 Å². The van der Waals surface area contributed by atoms with Crippen molar-refractivity contribution in [1.82, 2.24) is 9.88 Å². The van der Waals surface area contributed by atoms with Crippen molar-refractivity contribution in [3.63, 3.8) is 0 Å². The number of benzene rings is 2. The molecule has 2 heterocycles. The van der Waals surface area contributed by atoms with Gasteiger partial charge in [-0.3, -0.25) is 4.79 Å². The fourth-order valence-electron chi connectivity index (χ4n) is 4.25. The van der Waals surface area contributed by atoms with Gasteiger partial charge in [-0.25, -0.2) is 4.98 Å². The zero-order valence-electron chi connectivity index (χ0n) is 19.1. The molecule has 3 aromatic rings. The van der Waals surface area contributed by atoms with Crippen LogP contribution in [0.1, 0.15) is 47.1 Å². The number of piperidine rings is 1. The van der Waals surface area contributed by atoms with E-state index in [0.29, 0.717) is 23.0 Å². The minimum Gasteiger partial charge on any atom is -0.497 e. The van der Waals surface area contributed by atoms with Crippen LogP contribution in [-0.2, 0) is 0 Å². The molecular formula is C27H31N3O2S. The lowest BCUT2D eigenvalue weighted by Crippen LogP contribution is -2.33. The second kappa shape index (κ2) is 11.3. The van der Waals surface area contributed by atoms with Gasteiger partial charge >= 0.3 is 0 Å². The Kier molecular flexibility index (Phi) is 7.92. The van der Waals surface area contributed by atoms with Gasteiger partial charge in [0, 0.05) is 22.9 Å². The summed E-state index contributed by atoms with van der Waals surface area (Å²) in [7, 11) is 1.63. The molecule has 0 bridgehead atoms. The summed E-state index contributed by atoms with van der Waals surface area (Å²) in [4.78, 5) is 20.3.